The first kappa shape index (κ1) is 12.3. The predicted octanol–water partition coefficient (Wildman–Crippen LogP) is 2.22. The van der Waals surface area contributed by atoms with Crippen LogP contribution in [0.25, 0.3) is 0 Å². The van der Waals surface area contributed by atoms with Gasteiger partial charge in [-0.2, -0.15) is 0 Å². The maximum absolute atomic E-state index is 4.62. The van der Waals surface area contributed by atoms with Crippen LogP contribution in [0.3, 0.4) is 0 Å². The summed E-state index contributed by atoms with van der Waals surface area (Å²) in [6.07, 6.45) is 0. The number of hydrazone groups is 1. The average Bonchev–Trinajstić information content (AvgIpc) is 2.32. The van der Waals surface area contributed by atoms with Gasteiger partial charge in [-0.05, 0) is 0 Å². The Morgan fingerprint density at radius 3 is 2.59 bits per heavy atom. The van der Waals surface area contributed by atoms with Gasteiger partial charge in [-0.15, -0.1) is 0 Å². The van der Waals surface area contributed by atoms with E-state index in [1.54, 1.807) is 0 Å². The second-order valence-electron chi connectivity index (χ2n) is 4.23. The fourth-order valence-electron chi connectivity index (χ4n) is 1.59. The topological polar surface area (TPSA) is 28.0 Å². The first-order valence-electron chi connectivity index (χ1n) is 5.74. The fraction of sp³-hybridized carbons (Fsp3) is 0.385. The normalized spacial score (nSPS) is 18.7. The summed E-state index contributed by atoms with van der Waals surface area (Å²) >= 11 is 0.395. The third-order valence-electron chi connectivity index (χ3n) is 2.36. The summed E-state index contributed by atoms with van der Waals surface area (Å²) in [6.45, 7) is 4.21. The van der Waals surface area contributed by atoms with Crippen LogP contribution in [-0.4, -0.2) is 43.5 Å². The molecule has 17 heavy (non-hydrogen) atoms. The van der Waals surface area contributed by atoms with Crippen molar-refractivity contribution < 1.29 is 0 Å². The fourth-order valence-corrected chi connectivity index (χ4v) is 3.70. The third-order valence-corrected chi connectivity index (χ3v) is 4.55. The molecule has 0 amide bonds. The zero-order valence-electron chi connectivity index (χ0n) is 10.4. The summed E-state index contributed by atoms with van der Waals surface area (Å²) in [5.74, 6) is 0. The molecule has 0 N–H and O–H groups in total. The summed E-state index contributed by atoms with van der Waals surface area (Å²) in [7, 11) is 1.99. The van der Waals surface area contributed by atoms with E-state index in [2.05, 4.69) is 48.2 Å². The zero-order chi connectivity index (χ0) is 12.3. The van der Waals surface area contributed by atoms with Gasteiger partial charge in [0, 0.05) is 0 Å². The second-order valence-corrected chi connectivity index (χ2v) is 6.21. The van der Waals surface area contributed by atoms with Crippen LogP contribution in [0.2, 0.25) is 5.32 Å². The van der Waals surface area contributed by atoms with Gasteiger partial charge in [0.25, 0.3) is 0 Å². The molecule has 1 heterocycles. The number of benzene rings is 1. The molecule has 0 spiro atoms. The number of nitrogens with zero attached hydrogens (tertiary/aromatic N) is 3. The molecule has 1 aliphatic heterocycles. The molecule has 0 saturated carbocycles. The van der Waals surface area contributed by atoms with Crippen LogP contribution in [0.4, 0.5) is 0 Å². The second kappa shape index (κ2) is 5.48. The van der Waals surface area contributed by atoms with Gasteiger partial charge in [0.2, 0.25) is 0 Å². The molecule has 0 unspecified atom stereocenters. The van der Waals surface area contributed by atoms with Crippen LogP contribution in [0, 0.1) is 0 Å². The molecule has 1 aromatic carbocycles. The van der Waals surface area contributed by atoms with Crippen molar-refractivity contribution in [2.75, 3.05) is 7.05 Å². The Labute approximate surface area is 109 Å². The Balaban J connectivity index is 2.20. The summed E-state index contributed by atoms with van der Waals surface area (Å²) in [6, 6.07) is 10.7. The van der Waals surface area contributed by atoms with Crippen LogP contribution in [0.5, 0.6) is 0 Å². The van der Waals surface area contributed by atoms with Crippen LogP contribution in [0.1, 0.15) is 19.4 Å². The van der Waals surface area contributed by atoms with Crippen molar-refractivity contribution in [1.29, 1.82) is 0 Å². The van der Waals surface area contributed by atoms with Gasteiger partial charge in [0.15, 0.2) is 0 Å². The van der Waals surface area contributed by atoms with Crippen LogP contribution < -0.4 is 0 Å². The molecule has 0 radical (unpaired) electrons. The van der Waals surface area contributed by atoms with Crippen molar-refractivity contribution >= 4 is 25.4 Å². The summed E-state index contributed by atoms with van der Waals surface area (Å²) in [4.78, 5) is 4.61. The van der Waals surface area contributed by atoms with Crippen molar-refractivity contribution in [2.45, 2.75) is 25.2 Å². The molecule has 4 heteroatoms. The third kappa shape index (κ3) is 3.18. The SMILES string of the molecule is CC(C)N=C1[Se]CC(c2ccccc2)=NN1C. The van der Waals surface area contributed by atoms with E-state index in [-0.39, 0.29) is 0 Å². The average molecular weight is 294 g/mol. The van der Waals surface area contributed by atoms with Crippen molar-refractivity contribution in [1.82, 2.24) is 5.01 Å². The van der Waals surface area contributed by atoms with E-state index in [4.69, 9.17) is 0 Å². The molecule has 0 fully saturated rings. The summed E-state index contributed by atoms with van der Waals surface area (Å²) in [5.41, 5.74) is 2.40. The Morgan fingerprint density at radius 1 is 1.29 bits per heavy atom. The van der Waals surface area contributed by atoms with Gasteiger partial charge in [0.1, 0.15) is 0 Å². The number of amidine groups is 1. The van der Waals surface area contributed by atoms with E-state index in [0.29, 0.717) is 21.0 Å². The molecule has 1 aromatic rings. The molecular formula is C13H17N3Se. The molecule has 0 bridgehead atoms. The molecule has 90 valence electrons. The number of hydrogen-bond acceptors (Lipinski definition) is 2. The van der Waals surface area contributed by atoms with Crippen molar-refractivity contribution in [3.05, 3.63) is 35.9 Å². The molecule has 0 saturated heterocycles. The first-order chi connectivity index (χ1) is 8.16. The molecule has 0 aromatic heterocycles. The Kier molecular flexibility index (Phi) is 3.97. The van der Waals surface area contributed by atoms with Crippen LogP contribution in [0.15, 0.2) is 40.4 Å². The van der Waals surface area contributed by atoms with E-state index in [1.807, 2.05) is 18.1 Å². The van der Waals surface area contributed by atoms with Crippen molar-refractivity contribution in [3.63, 3.8) is 0 Å². The van der Waals surface area contributed by atoms with E-state index in [9.17, 15) is 0 Å². The molecule has 0 aliphatic carbocycles. The Morgan fingerprint density at radius 2 is 2.00 bits per heavy atom. The van der Waals surface area contributed by atoms with Gasteiger partial charge in [-0.3, -0.25) is 0 Å². The molecule has 3 nitrogen and oxygen atoms in total. The minimum absolute atomic E-state index is 0.350. The molecule has 2 rings (SSSR count). The first-order valence-corrected chi connectivity index (χ1v) is 7.81. The van der Waals surface area contributed by atoms with Gasteiger partial charge in [-0.25, -0.2) is 0 Å². The van der Waals surface area contributed by atoms with Crippen LogP contribution >= 0.6 is 0 Å². The standard InChI is InChI=1S/C13H17N3Se/c1-10(2)14-13-16(3)15-12(9-17-13)11-7-5-4-6-8-11/h4-8,10H,9H2,1-3H3. The Bertz CT molecular complexity index is 437. The zero-order valence-corrected chi connectivity index (χ0v) is 12.1. The minimum atomic E-state index is 0.350. The van der Waals surface area contributed by atoms with E-state index in [0.717, 1.165) is 10.1 Å². The summed E-state index contributed by atoms with van der Waals surface area (Å²) in [5, 5.41) is 7.59. The van der Waals surface area contributed by atoms with Gasteiger partial charge < -0.3 is 0 Å². The maximum atomic E-state index is 4.62. The van der Waals surface area contributed by atoms with E-state index >= 15 is 0 Å². The summed E-state index contributed by atoms with van der Waals surface area (Å²) < 4.78 is 1.15. The monoisotopic (exact) mass is 295 g/mol. The number of hydrogen-bond donors (Lipinski definition) is 0. The van der Waals surface area contributed by atoms with E-state index < -0.39 is 0 Å². The predicted molar refractivity (Wildman–Crippen MR) is 73.9 cm³/mol. The molecule has 1 aliphatic rings. The van der Waals surface area contributed by atoms with E-state index in [1.165, 1.54) is 11.3 Å². The van der Waals surface area contributed by atoms with Crippen molar-refractivity contribution in [2.24, 2.45) is 10.1 Å². The van der Waals surface area contributed by atoms with Crippen molar-refractivity contribution in [3.8, 4) is 0 Å². The van der Waals surface area contributed by atoms with Gasteiger partial charge >= 0.3 is 109 Å². The number of rotatable bonds is 2. The Hall–Kier alpha value is -1.12. The van der Waals surface area contributed by atoms with Gasteiger partial charge in [-0.1, -0.05) is 0 Å². The quantitative estimate of drug-likeness (QED) is 0.769. The molecular weight excluding hydrogens is 277 g/mol. The van der Waals surface area contributed by atoms with Crippen LogP contribution in [-0.2, 0) is 0 Å². The molecule has 0 atom stereocenters. The number of aliphatic imine (C=N–C) groups is 1. The van der Waals surface area contributed by atoms with Gasteiger partial charge in [0.05, 0.1) is 0 Å².